The molecule has 2 atom stereocenters. The van der Waals surface area contributed by atoms with E-state index in [0.717, 1.165) is 18.5 Å². The van der Waals surface area contributed by atoms with Crippen LogP contribution in [0.4, 0.5) is 4.79 Å². The molecule has 1 aromatic carbocycles. The van der Waals surface area contributed by atoms with E-state index < -0.39 is 6.09 Å². The number of benzene rings is 1. The van der Waals surface area contributed by atoms with Crippen LogP contribution in [0.2, 0.25) is 0 Å². The largest absolute Gasteiger partial charge is 0.469 e. The number of rotatable bonds is 5. The number of methoxy groups -OCH3 is 1. The number of nitrogens with one attached hydrogen (secondary N) is 2. The first-order valence-electron chi connectivity index (χ1n) is 7.44. The van der Waals surface area contributed by atoms with Crippen LogP contribution < -0.4 is 10.6 Å². The maximum atomic E-state index is 11.7. The molecule has 0 aliphatic carbocycles. The lowest BCUT2D eigenvalue weighted by Gasteiger charge is -2.30. The van der Waals surface area contributed by atoms with Gasteiger partial charge in [-0.2, -0.15) is 0 Å². The Morgan fingerprint density at radius 2 is 2.09 bits per heavy atom. The van der Waals surface area contributed by atoms with Gasteiger partial charge in [-0.1, -0.05) is 30.3 Å². The van der Waals surface area contributed by atoms with Gasteiger partial charge < -0.3 is 20.1 Å². The van der Waals surface area contributed by atoms with Crippen molar-refractivity contribution in [1.82, 2.24) is 10.6 Å². The van der Waals surface area contributed by atoms with Crippen molar-refractivity contribution in [2.24, 2.45) is 11.8 Å². The minimum atomic E-state index is -0.474. The van der Waals surface area contributed by atoms with Crippen molar-refractivity contribution >= 4 is 12.1 Å². The highest BCUT2D eigenvalue weighted by Crippen LogP contribution is 2.20. The SMILES string of the molecule is COC(=O)C1CCNCC1CNC(=O)OCc1ccccc1. The van der Waals surface area contributed by atoms with Crippen LogP contribution in [0, 0.1) is 11.8 Å². The predicted molar refractivity (Wildman–Crippen MR) is 81.1 cm³/mol. The Morgan fingerprint density at radius 1 is 1.32 bits per heavy atom. The molecule has 1 aliphatic rings. The van der Waals surface area contributed by atoms with Crippen LogP contribution >= 0.6 is 0 Å². The van der Waals surface area contributed by atoms with E-state index in [9.17, 15) is 9.59 Å². The van der Waals surface area contributed by atoms with Gasteiger partial charge in [-0.3, -0.25) is 4.79 Å². The number of carbonyl (C=O) groups is 2. The number of alkyl carbamates (subject to hydrolysis) is 1. The Balaban J connectivity index is 1.75. The standard InChI is InChI=1S/C16H22N2O4/c1-21-15(19)14-7-8-17-9-13(14)10-18-16(20)22-11-12-5-3-2-4-6-12/h2-6,13-14,17H,7-11H2,1H3,(H,18,20). The van der Waals surface area contributed by atoms with Gasteiger partial charge in [-0.15, -0.1) is 0 Å². The fourth-order valence-corrected chi connectivity index (χ4v) is 2.59. The highest BCUT2D eigenvalue weighted by Gasteiger charge is 2.31. The van der Waals surface area contributed by atoms with E-state index in [2.05, 4.69) is 10.6 Å². The number of ether oxygens (including phenoxy) is 2. The summed E-state index contributed by atoms with van der Waals surface area (Å²) in [6.45, 7) is 2.09. The minimum Gasteiger partial charge on any atom is -0.469 e. The third kappa shape index (κ3) is 4.73. The topological polar surface area (TPSA) is 76.7 Å². The summed E-state index contributed by atoms with van der Waals surface area (Å²) in [6, 6.07) is 9.49. The summed E-state index contributed by atoms with van der Waals surface area (Å²) >= 11 is 0. The average molecular weight is 306 g/mol. The average Bonchev–Trinajstić information content (AvgIpc) is 2.58. The molecule has 0 saturated carbocycles. The molecule has 22 heavy (non-hydrogen) atoms. The van der Waals surface area contributed by atoms with Gasteiger partial charge in [0.15, 0.2) is 0 Å². The van der Waals surface area contributed by atoms with Gasteiger partial charge in [0.1, 0.15) is 6.61 Å². The van der Waals surface area contributed by atoms with Gasteiger partial charge in [-0.25, -0.2) is 4.79 Å². The molecule has 1 aliphatic heterocycles. The molecular weight excluding hydrogens is 284 g/mol. The first-order chi connectivity index (χ1) is 10.7. The first kappa shape index (κ1) is 16.3. The van der Waals surface area contributed by atoms with Crippen molar-refractivity contribution in [3.8, 4) is 0 Å². The Morgan fingerprint density at radius 3 is 2.82 bits per heavy atom. The summed E-state index contributed by atoms with van der Waals surface area (Å²) in [5.41, 5.74) is 0.935. The molecule has 0 aromatic heterocycles. The zero-order valence-electron chi connectivity index (χ0n) is 12.7. The maximum Gasteiger partial charge on any atom is 0.407 e. The van der Waals surface area contributed by atoms with Crippen LogP contribution in [-0.4, -0.2) is 38.8 Å². The van der Waals surface area contributed by atoms with Gasteiger partial charge in [0.05, 0.1) is 13.0 Å². The summed E-state index contributed by atoms with van der Waals surface area (Å²) < 4.78 is 9.98. The van der Waals surface area contributed by atoms with Crippen LogP contribution in [0.15, 0.2) is 30.3 Å². The van der Waals surface area contributed by atoms with Crippen LogP contribution in [0.1, 0.15) is 12.0 Å². The highest BCUT2D eigenvalue weighted by molar-refractivity contribution is 5.73. The summed E-state index contributed by atoms with van der Waals surface area (Å²) in [4.78, 5) is 23.5. The molecule has 0 spiro atoms. The zero-order valence-corrected chi connectivity index (χ0v) is 12.7. The fraction of sp³-hybridized carbons (Fsp3) is 0.500. The fourth-order valence-electron chi connectivity index (χ4n) is 2.59. The summed E-state index contributed by atoms with van der Waals surface area (Å²) in [6.07, 6.45) is 0.246. The Bertz CT molecular complexity index is 492. The number of amides is 1. The van der Waals surface area contributed by atoms with Crippen molar-refractivity contribution in [3.63, 3.8) is 0 Å². The Kier molecular flexibility index (Phi) is 6.21. The summed E-state index contributed by atoms with van der Waals surface area (Å²) in [5, 5.41) is 5.95. The molecule has 1 saturated heterocycles. The molecule has 1 amide bonds. The third-order valence-corrected chi connectivity index (χ3v) is 3.83. The Hall–Kier alpha value is -2.08. The van der Waals surface area contributed by atoms with Crippen molar-refractivity contribution in [2.75, 3.05) is 26.7 Å². The molecule has 0 bridgehead atoms. The molecule has 0 radical (unpaired) electrons. The lowest BCUT2D eigenvalue weighted by molar-refractivity contribution is -0.148. The van der Waals surface area contributed by atoms with E-state index in [1.165, 1.54) is 7.11 Å². The molecule has 1 aromatic rings. The van der Waals surface area contributed by atoms with Crippen molar-refractivity contribution in [2.45, 2.75) is 13.0 Å². The zero-order chi connectivity index (χ0) is 15.8. The molecule has 2 N–H and O–H groups in total. The Labute approximate surface area is 130 Å². The molecule has 6 heteroatoms. The normalized spacial score (nSPS) is 21.0. The number of esters is 1. The maximum absolute atomic E-state index is 11.7. The first-order valence-corrected chi connectivity index (χ1v) is 7.44. The van der Waals surface area contributed by atoms with E-state index in [0.29, 0.717) is 13.1 Å². The molecule has 2 unspecified atom stereocenters. The van der Waals surface area contributed by atoms with E-state index >= 15 is 0 Å². The van der Waals surface area contributed by atoms with Crippen LogP contribution in [0.5, 0.6) is 0 Å². The van der Waals surface area contributed by atoms with Crippen LogP contribution in [0.3, 0.4) is 0 Å². The predicted octanol–water partition coefficient (Wildman–Crippen LogP) is 1.31. The monoisotopic (exact) mass is 306 g/mol. The molecule has 6 nitrogen and oxygen atoms in total. The highest BCUT2D eigenvalue weighted by atomic mass is 16.5. The molecule has 2 rings (SSSR count). The third-order valence-electron chi connectivity index (χ3n) is 3.83. The summed E-state index contributed by atoms with van der Waals surface area (Å²) in [5.74, 6) is -0.378. The van der Waals surface area contributed by atoms with E-state index in [1.54, 1.807) is 0 Å². The van der Waals surface area contributed by atoms with Gasteiger partial charge in [0.25, 0.3) is 0 Å². The summed E-state index contributed by atoms with van der Waals surface area (Å²) in [7, 11) is 1.39. The van der Waals surface area contributed by atoms with Crippen LogP contribution in [0.25, 0.3) is 0 Å². The number of hydrogen-bond acceptors (Lipinski definition) is 5. The number of piperidine rings is 1. The van der Waals surface area contributed by atoms with Crippen molar-refractivity contribution in [1.29, 1.82) is 0 Å². The van der Waals surface area contributed by atoms with Crippen molar-refractivity contribution < 1.29 is 19.1 Å². The van der Waals surface area contributed by atoms with E-state index in [4.69, 9.17) is 9.47 Å². The minimum absolute atomic E-state index is 0.0190. The van der Waals surface area contributed by atoms with Gasteiger partial charge in [0, 0.05) is 19.0 Å². The van der Waals surface area contributed by atoms with Crippen molar-refractivity contribution in [3.05, 3.63) is 35.9 Å². The molecule has 120 valence electrons. The second-order valence-electron chi connectivity index (χ2n) is 5.33. The van der Waals surface area contributed by atoms with E-state index in [1.807, 2.05) is 30.3 Å². The lowest BCUT2D eigenvalue weighted by Crippen LogP contribution is -2.46. The molecule has 1 heterocycles. The van der Waals surface area contributed by atoms with Gasteiger partial charge in [0.2, 0.25) is 0 Å². The van der Waals surface area contributed by atoms with Gasteiger partial charge >= 0.3 is 12.1 Å². The van der Waals surface area contributed by atoms with Crippen LogP contribution in [-0.2, 0) is 20.9 Å². The lowest BCUT2D eigenvalue weighted by atomic mass is 9.86. The van der Waals surface area contributed by atoms with E-state index in [-0.39, 0.29) is 24.4 Å². The number of hydrogen-bond donors (Lipinski definition) is 2. The second-order valence-corrected chi connectivity index (χ2v) is 5.33. The quantitative estimate of drug-likeness (QED) is 0.802. The second kappa shape index (κ2) is 8.38. The van der Waals surface area contributed by atoms with Gasteiger partial charge in [-0.05, 0) is 18.5 Å². The number of carbonyl (C=O) groups excluding carboxylic acids is 2. The smallest absolute Gasteiger partial charge is 0.407 e. The molecular formula is C16H22N2O4. The molecule has 1 fully saturated rings.